The van der Waals surface area contributed by atoms with E-state index in [1.807, 2.05) is 0 Å². The van der Waals surface area contributed by atoms with Crippen molar-refractivity contribution in [2.45, 2.75) is 44.8 Å². The fourth-order valence-corrected chi connectivity index (χ4v) is 2.99. The Morgan fingerprint density at radius 3 is 2.18 bits per heavy atom. The van der Waals surface area contributed by atoms with E-state index in [0.717, 1.165) is 5.56 Å². The molecule has 0 aliphatic rings. The van der Waals surface area contributed by atoms with Crippen molar-refractivity contribution in [2.24, 2.45) is 0 Å². The van der Waals surface area contributed by atoms with Gasteiger partial charge in [-0.1, -0.05) is 44.2 Å². The van der Waals surface area contributed by atoms with Gasteiger partial charge in [0, 0.05) is 12.0 Å². The second-order valence-corrected chi connectivity index (χ2v) is 7.31. The highest BCUT2D eigenvalue weighted by Crippen LogP contribution is 2.33. The maximum atomic E-state index is 12.8. The Morgan fingerprint density at radius 2 is 1.61 bits per heavy atom. The van der Waals surface area contributed by atoms with Crippen LogP contribution in [0.5, 0.6) is 5.75 Å². The lowest BCUT2D eigenvalue weighted by atomic mass is 9.77. The number of alkyl halides is 3. The fourth-order valence-electron chi connectivity index (χ4n) is 2.99. The SMILES string of the molecule is CC(NC(=O)c1ccccc1C(C)(C)CC(=O)C(F)(F)F)c1ccc(O)cc1. The number of Topliss-reactive ketones (excluding diaryl/α,β-unsaturated/α-hetero) is 1. The molecule has 0 aromatic heterocycles. The fraction of sp³-hybridized carbons (Fsp3) is 0.333. The highest BCUT2D eigenvalue weighted by Gasteiger charge is 2.42. The van der Waals surface area contributed by atoms with Gasteiger partial charge in [-0.25, -0.2) is 0 Å². The third-order valence-corrected chi connectivity index (χ3v) is 4.56. The lowest BCUT2D eigenvalue weighted by Gasteiger charge is -2.27. The van der Waals surface area contributed by atoms with Crippen LogP contribution >= 0.6 is 0 Å². The highest BCUT2D eigenvalue weighted by atomic mass is 19.4. The van der Waals surface area contributed by atoms with E-state index in [4.69, 9.17) is 0 Å². The summed E-state index contributed by atoms with van der Waals surface area (Å²) < 4.78 is 38.1. The van der Waals surface area contributed by atoms with Crippen molar-refractivity contribution in [2.75, 3.05) is 0 Å². The molecular weight excluding hydrogens is 371 g/mol. The molecule has 2 aromatic rings. The number of hydrogen-bond donors (Lipinski definition) is 2. The van der Waals surface area contributed by atoms with Gasteiger partial charge < -0.3 is 10.4 Å². The highest BCUT2D eigenvalue weighted by molar-refractivity contribution is 5.96. The zero-order valence-corrected chi connectivity index (χ0v) is 15.8. The standard InChI is InChI=1S/C21H22F3NO3/c1-13(14-8-10-15(26)11-9-14)25-19(28)16-6-4-5-7-17(16)20(2,3)12-18(27)21(22,23)24/h4-11,13,26H,12H2,1-3H3,(H,25,28). The van der Waals surface area contributed by atoms with Gasteiger partial charge in [-0.2, -0.15) is 13.2 Å². The minimum Gasteiger partial charge on any atom is -0.508 e. The monoisotopic (exact) mass is 393 g/mol. The van der Waals surface area contributed by atoms with Gasteiger partial charge in [-0.15, -0.1) is 0 Å². The third-order valence-electron chi connectivity index (χ3n) is 4.56. The number of phenols is 1. The number of carbonyl (C=O) groups excluding carboxylic acids is 2. The maximum Gasteiger partial charge on any atom is 0.450 e. The lowest BCUT2D eigenvalue weighted by Crippen LogP contribution is -2.34. The number of halogens is 3. The van der Waals surface area contributed by atoms with E-state index < -0.39 is 29.7 Å². The van der Waals surface area contributed by atoms with E-state index in [1.54, 1.807) is 37.3 Å². The van der Waals surface area contributed by atoms with Gasteiger partial charge in [-0.05, 0) is 41.7 Å². The number of ketones is 1. The van der Waals surface area contributed by atoms with Crippen molar-refractivity contribution in [3.8, 4) is 5.75 Å². The van der Waals surface area contributed by atoms with Crippen molar-refractivity contribution in [3.05, 3.63) is 65.2 Å². The van der Waals surface area contributed by atoms with Crippen LogP contribution in [-0.4, -0.2) is 23.0 Å². The predicted octanol–water partition coefficient (Wildman–Crippen LogP) is 4.68. The van der Waals surface area contributed by atoms with Gasteiger partial charge in [0.15, 0.2) is 0 Å². The first-order valence-corrected chi connectivity index (χ1v) is 8.71. The van der Waals surface area contributed by atoms with Gasteiger partial charge in [0.1, 0.15) is 5.75 Å². The molecule has 1 atom stereocenters. The Kier molecular flexibility index (Phi) is 6.17. The quantitative estimate of drug-likeness (QED) is 0.749. The summed E-state index contributed by atoms with van der Waals surface area (Å²) in [5.74, 6) is -2.18. The average Bonchev–Trinajstić information content (AvgIpc) is 2.61. The molecular formula is C21H22F3NO3. The molecule has 1 amide bonds. The van der Waals surface area contributed by atoms with Crippen molar-refractivity contribution >= 4 is 11.7 Å². The van der Waals surface area contributed by atoms with Crippen LogP contribution in [0.2, 0.25) is 0 Å². The van der Waals surface area contributed by atoms with Crippen LogP contribution in [0, 0.1) is 0 Å². The normalized spacial score (nSPS) is 13.1. The summed E-state index contributed by atoms with van der Waals surface area (Å²) in [5, 5.41) is 12.2. The molecule has 0 bridgehead atoms. The first-order valence-electron chi connectivity index (χ1n) is 8.71. The number of benzene rings is 2. The van der Waals surface area contributed by atoms with E-state index in [1.165, 1.54) is 32.0 Å². The largest absolute Gasteiger partial charge is 0.508 e. The van der Waals surface area contributed by atoms with Gasteiger partial charge in [0.25, 0.3) is 5.91 Å². The molecule has 0 aliphatic carbocycles. The molecule has 1 unspecified atom stereocenters. The van der Waals surface area contributed by atoms with Crippen molar-refractivity contribution in [3.63, 3.8) is 0 Å². The first-order chi connectivity index (χ1) is 12.9. The Morgan fingerprint density at radius 1 is 1.04 bits per heavy atom. The lowest BCUT2D eigenvalue weighted by molar-refractivity contribution is -0.172. The van der Waals surface area contributed by atoms with Gasteiger partial charge >= 0.3 is 6.18 Å². The second-order valence-electron chi connectivity index (χ2n) is 7.31. The Labute approximate surface area is 161 Å². The van der Waals surface area contributed by atoms with E-state index >= 15 is 0 Å². The molecule has 4 nitrogen and oxygen atoms in total. The summed E-state index contributed by atoms with van der Waals surface area (Å²) in [7, 11) is 0. The number of carbonyl (C=O) groups is 2. The summed E-state index contributed by atoms with van der Waals surface area (Å²) in [6.45, 7) is 4.77. The Bertz CT molecular complexity index is 858. The molecule has 0 radical (unpaired) electrons. The molecule has 28 heavy (non-hydrogen) atoms. The van der Waals surface area contributed by atoms with Crippen LogP contribution in [0.1, 0.15) is 54.7 Å². The molecule has 0 heterocycles. The molecule has 0 spiro atoms. The van der Waals surface area contributed by atoms with Gasteiger partial charge in [0.2, 0.25) is 5.78 Å². The molecule has 2 aromatic carbocycles. The zero-order valence-electron chi connectivity index (χ0n) is 15.8. The Hall–Kier alpha value is -2.83. The molecule has 150 valence electrons. The van der Waals surface area contributed by atoms with E-state index in [0.29, 0.717) is 5.56 Å². The number of rotatable bonds is 6. The summed E-state index contributed by atoms with van der Waals surface area (Å²) in [4.78, 5) is 24.3. The molecule has 0 saturated heterocycles. The number of hydrogen-bond acceptors (Lipinski definition) is 3. The van der Waals surface area contributed by atoms with Crippen molar-refractivity contribution in [1.82, 2.24) is 5.32 Å². The first kappa shape index (κ1) is 21.5. The minimum absolute atomic E-state index is 0.101. The summed E-state index contributed by atoms with van der Waals surface area (Å²) in [6, 6.07) is 12.3. The van der Waals surface area contributed by atoms with Gasteiger partial charge in [0.05, 0.1) is 6.04 Å². The van der Waals surface area contributed by atoms with Crippen LogP contribution in [0.15, 0.2) is 48.5 Å². The maximum absolute atomic E-state index is 12.8. The number of aromatic hydroxyl groups is 1. The van der Waals surface area contributed by atoms with Gasteiger partial charge in [-0.3, -0.25) is 9.59 Å². The zero-order chi connectivity index (χ0) is 21.1. The number of phenolic OH excluding ortho intramolecular Hbond substituents is 1. The summed E-state index contributed by atoms with van der Waals surface area (Å²) >= 11 is 0. The van der Waals surface area contributed by atoms with Crippen LogP contribution < -0.4 is 5.32 Å². The van der Waals surface area contributed by atoms with Crippen LogP contribution in [0.3, 0.4) is 0 Å². The van der Waals surface area contributed by atoms with E-state index in [9.17, 15) is 27.9 Å². The van der Waals surface area contributed by atoms with Crippen LogP contribution in [0.4, 0.5) is 13.2 Å². The number of amides is 1. The molecule has 0 fully saturated rings. The Balaban J connectivity index is 2.26. The minimum atomic E-state index is -4.91. The predicted molar refractivity (Wildman–Crippen MR) is 99.1 cm³/mol. The van der Waals surface area contributed by atoms with E-state index in [-0.39, 0.29) is 17.4 Å². The van der Waals surface area contributed by atoms with Crippen LogP contribution in [-0.2, 0) is 10.2 Å². The summed E-state index contributed by atoms with van der Waals surface area (Å²) in [6.07, 6.45) is -5.67. The smallest absolute Gasteiger partial charge is 0.450 e. The molecule has 0 aliphatic heterocycles. The molecule has 2 rings (SSSR count). The van der Waals surface area contributed by atoms with E-state index in [2.05, 4.69) is 5.32 Å². The number of nitrogens with one attached hydrogen (secondary N) is 1. The molecule has 2 N–H and O–H groups in total. The topological polar surface area (TPSA) is 66.4 Å². The summed E-state index contributed by atoms with van der Waals surface area (Å²) in [5.41, 5.74) is 0.161. The third kappa shape index (κ3) is 5.12. The van der Waals surface area contributed by atoms with Crippen molar-refractivity contribution in [1.29, 1.82) is 0 Å². The van der Waals surface area contributed by atoms with Crippen LogP contribution in [0.25, 0.3) is 0 Å². The molecule has 0 saturated carbocycles. The van der Waals surface area contributed by atoms with Crippen molar-refractivity contribution < 1.29 is 27.9 Å². The second kappa shape index (κ2) is 8.04. The average molecular weight is 393 g/mol. The molecule has 7 heteroatoms.